The van der Waals surface area contributed by atoms with Crippen LogP contribution in [0.15, 0.2) is 48.7 Å². The molecule has 0 saturated carbocycles. The Hall–Kier alpha value is -3.29. The quantitative estimate of drug-likeness (QED) is 0.523. The standard InChI is InChI=1S/C19H19N5O3/c25-18(12-14-6-1-2-8-16(14)24(26)27)22-10-5-7-15(13-22)19-21-20-17-9-3-4-11-23(17)19/h1-4,6,8-9,11,15H,5,7,10,12-13H2. The second-order valence-electron chi connectivity index (χ2n) is 6.73. The van der Waals surface area contributed by atoms with Crippen LogP contribution in [0.1, 0.15) is 30.1 Å². The molecule has 1 atom stereocenters. The van der Waals surface area contributed by atoms with E-state index < -0.39 is 4.92 Å². The summed E-state index contributed by atoms with van der Waals surface area (Å²) in [7, 11) is 0. The third-order valence-electron chi connectivity index (χ3n) is 5.01. The fourth-order valence-electron chi connectivity index (χ4n) is 3.67. The highest BCUT2D eigenvalue weighted by atomic mass is 16.6. The summed E-state index contributed by atoms with van der Waals surface area (Å²) in [5.74, 6) is 0.863. The number of nitro groups is 1. The van der Waals surface area contributed by atoms with Crippen LogP contribution >= 0.6 is 0 Å². The molecule has 2 aromatic heterocycles. The number of benzene rings is 1. The van der Waals surface area contributed by atoms with Crippen LogP contribution < -0.4 is 0 Å². The lowest BCUT2D eigenvalue weighted by Gasteiger charge is -2.32. The van der Waals surface area contributed by atoms with Gasteiger partial charge >= 0.3 is 0 Å². The molecule has 27 heavy (non-hydrogen) atoms. The number of pyridine rings is 1. The molecule has 1 fully saturated rings. The van der Waals surface area contributed by atoms with Gasteiger partial charge in [0.25, 0.3) is 5.69 Å². The lowest BCUT2D eigenvalue weighted by Crippen LogP contribution is -2.40. The van der Waals surface area contributed by atoms with Crippen molar-refractivity contribution in [2.45, 2.75) is 25.2 Å². The van der Waals surface area contributed by atoms with E-state index in [2.05, 4.69) is 10.2 Å². The van der Waals surface area contributed by atoms with Crippen molar-refractivity contribution < 1.29 is 9.72 Å². The highest BCUT2D eigenvalue weighted by Crippen LogP contribution is 2.27. The summed E-state index contributed by atoms with van der Waals surface area (Å²) in [6.07, 6.45) is 3.77. The first-order valence-corrected chi connectivity index (χ1v) is 8.93. The zero-order valence-corrected chi connectivity index (χ0v) is 14.7. The van der Waals surface area contributed by atoms with E-state index in [-0.39, 0.29) is 23.9 Å². The van der Waals surface area contributed by atoms with E-state index in [1.807, 2.05) is 28.8 Å². The minimum atomic E-state index is -0.441. The molecule has 0 radical (unpaired) electrons. The Kier molecular flexibility index (Phi) is 4.53. The molecule has 8 heteroatoms. The maximum atomic E-state index is 12.8. The Morgan fingerprint density at radius 1 is 1.19 bits per heavy atom. The molecule has 0 aliphatic carbocycles. The van der Waals surface area contributed by atoms with Gasteiger partial charge in [-0.3, -0.25) is 19.3 Å². The third kappa shape index (κ3) is 3.38. The fraction of sp³-hybridized carbons (Fsp3) is 0.316. The van der Waals surface area contributed by atoms with E-state index in [4.69, 9.17) is 0 Å². The number of piperidine rings is 1. The van der Waals surface area contributed by atoms with Crippen LogP contribution in [0.5, 0.6) is 0 Å². The molecular formula is C19H19N5O3. The van der Waals surface area contributed by atoms with Crippen molar-refractivity contribution >= 4 is 17.2 Å². The Labute approximate surface area is 155 Å². The van der Waals surface area contributed by atoms with Gasteiger partial charge in [0.15, 0.2) is 5.65 Å². The summed E-state index contributed by atoms with van der Waals surface area (Å²) < 4.78 is 1.96. The van der Waals surface area contributed by atoms with Gasteiger partial charge in [0.1, 0.15) is 5.82 Å². The molecule has 3 aromatic rings. The maximum absolute atomic E-state index is 12.8. The molecule has 8 nitrogen and oxygen atoms in total. The molecule has 138 valence electrons. The molecule has 0 N–H and O–H groups in total. The van der Waals surface area contributed by atoms with E-state index in [0.717, 1.165) is 24.3 Å². The summed E-state index contributed by atoms with van der Waals surface area (Å²) in [6, 6.07) is 12.2. The predicted molar refractivity (Wildman–Crippen MR) is 98.3 cm³/mol. The van der Waals surface area contributed by atoms with Gasteiger partial charge in [-0.15, -0.1) is 10.2 Å². The number of nitrogens with zero attached hydrogens (tertiary/aromatic N) is 5. The number of hydrogen-bond acceptors (Lipinski definition) is 5. The maximum Gasteiger partial charge on any atom is 0.273 e. The van der Waals surface area contributed by atoms with Crippen molar-refractivity contribution in [3.05, 3.63) is 70.2 Å². The average molecular weight is 365 g/mol. The SMILES string of the molecule is O=C(Cc1ccccc1[N+](=O)[O-])N1CCCC(c2nnc3ccccn23)C1. The van der Waals surface area contributed by atoms with Gasteiger partial charge in [-0.2, -0.15) is 0 Å². The number of carbonyl (C=O) groups is 1. The van der Waals surface area contributed by atoms with Crippen LogP contribution in [-0.2, 0) is 11.2 Å². The van der Waals surface area contributed by atoms with E-state index in [1.54, 1.807) is 23.1 Å². The number of fused-ring (bicyclic) bond motifs is 1. The average Bonchev–Trinajstić information content (AvgIpc) is 3.12. The lowest BCUT2D eigenvalue weighted by molar-refractivity contribution is -0.385. The molecule has 1 aromatic carbocycles. The van der Waals surface area contributed by atoms with Crippen LogP contribution in [0.4, 0.5) is 5.69 Å². The largest absolute Gasteiger partial charge is 0.342 e. The van der Waals surface area contributed by atoms with Crippen LogP contribution in [-0.4, -0.2) is 43.4 Å². The first kappa shape index (κ1) is 17.1. The number of aromatic nitrogens is 3. The van der Waals surface area contributed by atoms with Crippen LogP contribution in [0.2, 0.25) is 0 Å². The van der Waals surface area contributed by atoms with Crippen LogP contribution in [0.25, 0.3) is 5.65 Å². The lowest BCUT2D eigenvalue weighted by atomic mass is 9.96. The van der Waals surface area contributed by atoms with Crippen LogP contribution in [0, 0.1) is 10.1 Å². The fourth-order valence-corrected chi connectivity index (χ4v) is 3.67. The molecule has 1 saturated heterocycles. The predicted octanol–water partition coefficient (Wildman–Crippen LogP) is 2.59. The van der Waals surface area contributed by atoms with Crippen LogP contribution in [0.3, 0.4) is 0 Å². The zero-order chi connectivity index (χ0) is 18.8. The third-order valence-corrected chi connectivity index (χ3v) is 5.01. The summed E-state index contributed by atoms with van der Waals surface area (Å²) in [5.41, 5.74) is 1.22. The Morgan fingerprint density at radius 3 is 2.85 bits per heavy atom. The van der Waals surface area contributed by atoms with Gasteiger partial charge in [-0.05, 0) is 25.0 Å². The monoisotopic (exact) mass is 365 g/mol. The minimum absolute atomic E-state index is 0.0112. The zero-order valence-electron chi connectivity index (χ0n) is 14.7. The Balaban J connectivity index is 1.52. The van der Waals surface area contributed by atoms with E-state index in [0.29, 0.717) is 18.7 Å². The number of para-hydroxylation sites is 1. The molecule has 1 amide bonds. The molecule has 4 rings (SSSR count). The van der Waals surface area contributed by atoms with Gasteiger partial charge in [0.2, 0.25) is 5.91 Å². The molecule has 1 unspecified atom stereocenters. The van der Waals surface area contributed by atoms with E-state index >= 15 is 0 Å². The normalized spacial score (nSPS) is 17.2. The molecule has 0 bridgehead atoms. The molecule has 3 heterocycles. The number of nitro benzene ring substituents is 1. The highest BCUT2D eigenvalue weighted by Gasteiger charge is 2.28. The Morgan fingerprint density at radius 2 is 2.00 bits per heavy atom. The second kappa shape index (κ2) is 7.14. The topological polar surface area (TPSA) is 93.6 Å². The van der Waals surface area contributed by atoms with E-state index in [1.165, 1.54) is 6.07 Å². The Bertz CT molecular complexity index is 1000. The van der Waals surface area contributed by atoms with Crippen molar-refractivity contribution in [2.24, 2.45) is 0 Å². The molecule has 0 spiro atoms. The van der Waals surface area contributed by atoms with E-state index in [9.17, 15) is 14.9 Å². The smallest absolute Gasteiger partial charge is 0.273 e. The number of rotatable bonds is 4. The van der Waals surface area contributed by atoms with Gasteiger partial charge in [0, 0.05) is 36.8 Å². The number of hydrogen-bond donors (Lipinski definition) is 0. The summed E-state index contributed by atoms with van der Waals surface area (Å²) in [4.78, 5) is 25.3. The second-order valence-corrected chi connectivity index (χ2v) is 6.73. The number of amides is 1. The molecular weight excluding hydrogens is 346 g/mol. The number of likely N-dealkylation sites (tertiary alicyclic amines) is 1. The summed E-state index contributed by atoms with van der Waals surface area (Å²) in [5, 5.41) is 19.7. The first-order valence-electron chi connectivity index (χ1n) is 8.93. The van der Waals surface area contributed by atoms with Crippen molar-refractivity contribution in [1.82, 2.24) is 19.5 Å². The summed E-state index contributed by atoms with van der Waals surface area (Å²) >= 11 is 0. The molecule has 1 aliphatic heterocycles. The first-order chi connectivity index (χ1) is 13.1. The highest BCUT2D eigenvalue weighted by molar-refractivity contribution is 5.80. The number of carbonyl (C=O) groups excluding carboxylic acids is 1. The van der Waals surface area contributed by atoms with Gasteiger partial charge in [-0.1, -0.05) is 24.3 Å². The minimum Gasteiger partial charge on any atom is -0.342 e. The summed E-state index contributed by atoms with van der Waals surface area (Å²) in [6.45, 7) is 1.21. The van der Waals surface area contributed by atoms with Crippen molar-refractivity contribution in [3.63, 3.8) is 0 Å². The van der Waals surface area contributed by atoms with Crippen molar-refractivity contribution in [2.75, 3.05) is 13.1 Å². The van der Waals surface area contributed by atoms with Crippen molar-refractivity contribution in [1.29, 1.82) is 0 Å². The van der Waals surface area contributed by atoms with Gasteiger partial charge < -0.3 is 4.90 Å². The van der Waals surface area contributed by atoms with Crippen molar-refractivity contribution in [3.8, 4) is 0 Å². The van der Waals surface area contributed by atoms with Gasteiger partial charge in [-0.25, -0.2) is 0 Å². The molecule has 1 aliphatic rings. The van der Waals surface area contributed by atoms with Gasteiger partial charge in [0.05, 0.1) is 11.3 Å².